The van der Waals surface area contributed by atoms with Gasteiger partial charge in [-0.1, -0.05) is 0 Å². The number of nitrogen functional groups attached to an aromatic ring is 1. The maximum Gasteiger partial charge on any atom is 0.291 e. The van der Waals surface area contributed by atoms with Crippen molar-refractivity contribution in [3.63, 3.8) is 0 Å². The molecule has 1 aliphatic heterocycles. The monoisotopic (exact) mass is 315 g/mol. The van der Waals surface area contributed by atoms with Gasteiger partial charge in [-0.05, 0) is 19.2 Å². The molecular formula is C11H17N5O4S. The van der Waals surface area contributed by atoms with Gasteiger partial charge in [-0.2, -0.15) is 4.31 Å². The van der Waals surface area contributed by atoms with Gasteiger partial charge in [0, 0.05) is 32.2 Å². The normalized spacial score (nSPS) is 17.6. The van der Waals surface area contributed by atoms with Crippen LogP contribution in [-0.2, 0) is 10.0 Å². The van der Waals surface area contributed by atoms with Gasteiger partial charge in [0.15, 0.2) is 4.90 Å². The van der Waals surface area contributed by atoms with Crippen molar-refractivity contribution < 1.29 is 13.3 Å². The van der Waals surface area contributed by atoms with Gasteiger partial charge in [0.1, 0.15) is 0 Å². The van der Waals surface area contributed by atoms with E-state index in [1.807, 2.05) is 11.9 Å². The van der Waals surface area contributed by atoms with Crippen molar-refractivity contribution in [2.45, 2.75) is 4.90 Å². The lowest BCUT2D eigenvalue weighted by atomic mass is 10.3. The van der Waals surface area contributed by atoms with Crippen LogP contribution in [0.15, 0.2) is 23.1 Å². The van der Waals surface area contributed by atoms with E-state index in [-0.39, 0.29) is 10.6 Å². The third kappa shape index (κ3) is 3.13. The van der Waals surface area contributed by atoms with Crippen LogP contribution in [0.5, 0.6) is 0 Å². The molecule has 0 saturated carbocycles. The Balaban J connectivity index is 2.42. The molecule has 1 fully saturated rings. The van der Waals surface area contributed by atoms with Crippen LogP contribution in [0.3, 0.4) is 0 Å². The summed E-state index contributed by atoms with van der Waals surface area (Å²) in [7, 11) is -1.99. The van der Waals surface area contributed by atoms with Crippen LogP contribution in [0.4, 0.5) is 11.4 Å². The minimum Gasteiger partial charge on any atom is -0.324 e. The van der Waals surface area contributed by atoms with Crippen molar-refractivity contribution in [2.75, 3.05) is 38.7 Å². The minimum absolute atomic E-state index is 0.277. The molecule has 0 bridgehead atoms. The molecule has 0 atom stereocenters. The average Bonchev–Trinajstić information content (AvgIpc) is 2.47. The molecule has 116 valence electrons. The summed E-state index contributed by atoms with van der Waals surface area (Å²) in [5.41, 5.74) is 2.06. The predicted molar refractivity (Wildman–Crippen MR) is 77.2 cm³/mol. The summed E-state index contributed by atoms with van der Waals surface area (Å²) in [6.07, 6.45) is 0. The highest BCUT2D eigenvalue weighted by Crippen LogP contribution is 2.29. The van der Waals surface area contributed by atoms with E-state index < -0.39 is 20.6 Å². The SMILES string of the molecule is CN1CCN(S(=O)(=O)c2ccc(NN)cc2[N+](=O)[O-])CC1. The van der Waals surface area contributed by atoms with Gasteiger partial charge in [-0.15, -0.1) is 0 Å². The largest absolute Gasteiger partial charge is 0.324 e. The fourth-order valence-corrected chi connectivity index (χ4v) is 3.70. The highest BCUT2D eigenvalue weighted by molar-refractivity contribution is 7.89. The van der Waals surface area contributed by atoms with E-state index in [4.69, 9.17) is 5.84 Å². The van der Waals surface area contributed by atoms with Gasteiger partial charge in [0.05, 0.1) is 10.6 Å². The number of piperazine rings is 1. The topological polar surface area (TPSA) is 122 Å². The van der Waals surface area contributed by atoms with Gasteiger partial charge in [-0.25, -0.2) is 8.42 Å². The summed E-state index contributed by atoms with van der Waals surface area (Å²) in [4.78, 5) is 12.1. The lowest BCUT2D eigenvalue weighted by Crippen LogP contribution is -2.47. The Kier molecular flexibility index (Phi) is 4.42. The van der Waals surface area contributed by atoms with E-state index in [1.165, 1.54) is 16.4 Å². The number of likely N-dealkylation sites (N-methyl/N-ethyl adjacent to an activating group) is 1. The first-order chi connectivity index (χ1) is 9.86. The summed E-state index contributed by atoms with van der Waals surface area (Å²) >= 11 is 0. The van der Waals surface area contributed by atoms with E-state index in [0.29, 0.717) is 26.2 Å². The zero-order valence-corrected chi connectivity index (χ0v) is 12.3. The summed E-state index contributed by atoms with van der Waals surface area (Å²) in [5.74, 6) is 5.20. The number of nitrogens with two attached hydrogens (primary N) is 1. The fourth-order valence-electron chi connectivity index (χ4n) is 2.14. The number of nitro benzene ring substituents is 1. The minimum atomic E-state index is -3.89. The van der Waals surface area contributed by atoms with Crippen molar-refractivity contribution in [1.29, 1.82) is 0 Å². The molecule has 2 rings (SSSR count). The zero-order chi connectivity index (χ0) is 15.6. The highest BCUT2D eigenvalue weighted by atomic mass is 32.2. The number of nitro groups is 1. The number of sulfonamides is 1. The van der Waals surface area contributed by atoms with Crippen LogP contribution < -0.4 is 11.3 Å². The molecule has 21 heavy (non-hydrogen) atoms. The molecule has 0 radical (unpaired) electrons. The molecule has 0 aliphatic carbocycles. The lowest BCUT2D eigenvalue weighted by molar-refractivity contribution is -0.387. The third-order valence-electron chi connectivity index (χ3n) is 3.40. The predicted octanol–water partition coefficient (Wildman–Crippen LogP) is -0.183. The van der Waals surface area contributed by atoms with Crippen LogP contribution in [0.25, 0.3) is 0 Å². The first-order valence-electron chi connectivity index (χ1n) is 6.30. The number of rotatable bonds is 4. The van der Waals surface area contributed by atoms with Gasteiger partial charge >= 0.3 is 0 Å². The number of nitrogens with one attached hydrogen (secondary N) is 1. The molecule has 1 aromatic carbocycles. The number of hydrazine groups is 1. The molecule has 3 N–H and O–H groups in total. The Morgan fingerprint density at radius 3 is 2.43 bits per heavy atom. The van der Waals surface area contributed by atoms with Crippen molar-refractivity contribution in [1.82, 2.24) is 9.21 Å². The maximum atomic E-state index is 12.6. The first kappa shape index (κ1) is 15.6. The maximum absolute atomic E-state index is 12.6. The molecule has 10 heteroatoms. The van der Waals surface area contributed by atoms with Crippen molar-refractivity contribution in [2.24, 2.45) is 5.84 Å². The molecular weight excluding hydrogens is 298 g/mol. The number of anilines is 1. The van der Waals surface area contributed by atoms with Crippen molar-refractivity contribution in [3.05, 3.63) is 28.3 Å². The number of hydrogen-bond donors (Lipinski definition) is 2. The summed E-state index contributed by atoms with van der Waals surface area (Å²) in [5, 5.41) is 11.1. The van der Waals surface area contributed by atoms with E-state index in [0.717, 1.165) is 6.07 Å². The van der Waals surface area contributed by atoms with E-state index in [9.17, 15) is 18.5 Å². The molecule has 0 amide bonds. The second-order valence-corrected chi connectivity index (χ2v) is 6.70. The fraction of sp³-hybridized carbons (Fsp3) is 0.455. The van der Waals surface area contributed by atoms with E-state index >= 15 is 0 Å². The first-order valence-corrected chi connectivity index (χ1v) is 7.74. The second-order valence-electron chi connectivity index (χ2n) is 4.79. The third-order valence-corrected chi connectivity index (χ3v) is 5.35. The molecule has 0 aromatic heterocycles. The summed E-state index contributed by atoms with van der Waals surface area (Å²) < 4.78 is 26.4. The molecule has 1 saturated heterocycles. The Bertz CT molecular complexity index is 640. The zero-order valence-electron chi connectivity index (χ0n) is 11.5. The molecule has 9 nitrogen and oxygen atoms in total. The molecule has 1 heterocycles. The summed E-state index contributed by atoms with van der Waals surface area (Å²) in [6.45, 7) is 1.81. The van der Waals surface area contributed by atoms with Crippen LogP contribution in [0, 0.1) is 10.1 Å². The average molecular weight is 315 g/mol. The Morgan fingerprint density at radius 2 is 1.90 bits per heavy atom. The molecule has 1 aliphatic rings. The highest BCUT2D eigenvalue weighted by Gasteiger charge is 2.33. The van der Waals surface area contributed by atoms with Crippen LogP contribution in [0.1, 0.15) is 0 Å². The molecule has 0 spiro atoms. The Morgan fingerprint density at radius 1 is 1.29 bits per heavy atom. The van der Waals surface area contributed by atoms with Crippen LogP contribution in [0.2, 0.25) is 0 Å². The number of benzene rings is 1. The lowest BCUT2D eigenvalue weighted by Gasteiger charge is -2.31. The van der Waals surface area contributed by atoms with Crippen LogP contribution in [-0.4, -0.2) is 55.8 Å². The smallest absolute Gasteiger partial charge is 0.291 e. The van der Waals surface area contributed by atoms with E-state index in [1.54, 1.807) is 0 Å². The van der Waals surface area contributed by atoms with Gasteiger partial charge in [0.25, 0.3) is 5.69 Å². The van der Waals surface area contributed by atoms with Gasteiger partial charge < -0.3 is 10.3 Å². The van der Waals surface area contributed by atoms with Crippen molar-refractivity contribution >= 4 is 21.4 Å². The van der Waals surface area contributed by atoms with Crippen LogP contribution >= 0.6 is 0 Å². The number of nitrogens with zero attached hydrogens (tertiary/aromatic N) is 3. The Labute approximate surface area is 122 Å². The Hall–Kier alpha value is -1.75. The van der Waals surface area contributed by atoms with E-state index in [2.05, 4.69) is 5.43 Å². The standard InChI is InChI=1S/C11H17N5O4S/c1-14-4-6-15(7-5-14)21(19,20)11-3-2-9(13-12)8-10(11)16(17)18/h2-3,8,13H,4-7,12H2,1H3. The van der Waals surface area contributed by atoms with Gasteiger partial charge in [-0.3, -0.25) is 16.0 Å². The second kappa shape index (κ2) is 5.93. The quantitative estimate of drug-likeness (QED) is 0.449. The molecule has 1 aromatic rings. The molecule has 0 unspecified atom stereocenters. The summed E-state index contributed by atoms with van der Waals surface area (Å²) in [6, 6.07) is 3.72. The van der Waals surface area contributed by atoms with Gasteiger partial charge in [0.2, 0.25) is 10.0 Å². The van der Waals surface area contributed by atoms with Crippen molar-refractivity contribution in [3.8, 4) is 0 Å². The number of hydrogen-bond acceptors (Lipinski definition) is 7.